The van der Waals surface area contributed by atoms with Crippen LogP contribution in [0.4, 0.5) is 0 Å². The van der Waals surface area contributed by atoms with Crippen LogP contribution in [0.15, 0.2) is 0 Å². The van der Waals surface area contributed by atoms with Gasteiger partial charge in [-0.25, -0.2) is 0 Å². The Balaban J connectivity index is 1.66. The van der Waals surface area contributed by atoms with Crippen molar-refractivity contribution in [1.29, 1.82) is 0 Å². The van der Waals surface area contributed by atoms with Crippen molar-refractivity contribution in [3.8, 4) is 0 Å². The second kappa shape index (κ2) is 6.38. The van der Waals surface area contributed by atoms with Crippen molar-refractivity contribution in [2.24, 2.45) is 5.92 Å². The number of epoxide rings is 1. The molecule has 0 aromatic rings. The van der Waals surface area contributed by atoms with Gasteiger partial charge in [-0.3, -0.25) is 0 Å². The van der Waals surface area contributed by atoms with E-state index in [0.29, 0.717) is 12.2 Å². The van der Waals surface area contributed by atoms with Crippen molar-refractivity contribution >= 4 is 34.2 Å². The molecule has 0 aromatic carbocycles. The first-order valence-corrected chi connectivity index (χ1v) is 20.3. The second-order valence-corrected chi connectivity index (χ2v) is 23.6. The summed E-state index contributed by atoms with van der Waals surface area (Å²) in [5.41, 5.74) is 0. The van der Waals surface area contributed by atoms with Crippen molar-refractivity contribution in [3.63, 3.8) is 0 Å². The number of fused-ring (bicyclic) bond motifs is 1. The highest BCUT2D eigenvalue weighted by Crippen LogP contribution is 2.42. The lowest BCUT2D eigenvalue weighted by Crippen LogP contribution is -2.65. The van der Waals surface area contributed by atoms with Crippen LogP contribution >= 0.6 is 0 Å². The highest BCUT2D eigenvalue weighted by molar-refractivity contribution is 6.93. The maximum absolute atomic E-state index is 6.66. The van der Waals surface area contributed by atoms with Gasteiger partial charge < -0.3 is 21.2 Å². The molecular formula is C15H34O5Si4. The Bertz CT molecular complexity index is 462. The molecule has 9 heteroatoms. The Morgan fingerprint density at radius 3 is 1.79 bits per heavy atom. The molecule has 1 aliphatic carbocycles. The van der Waals surface area contributed by atoms with E-state index in [-0.39, 0.29) is 0 Å². The Hall–Kier alpha value is 0.668. The molecule has 0 bridgehead atoms. The summed E-state index contributed by atoms with van der Waals surface area (Å²) in [7, 11) is -8.93. The number of hydrogen-bond donors (Lipinski definition) is 0. The van der Waals surface area contributed by atoms with E-state index in [9.17, 15) is 0 Å². The van der Waals surface area contributed by atoms with Crippen LogP contribution in [-0.4, -0.2) is 46.5 Å². The van der Waals surface area contributed by atoms with Gasteiger partial charge in [0.05, 0.1) is 12.2 Å². The molecule has 140 valence electrons. The molecule has 2 heterocycles. The van der Waals surface area contributed by atoms with Crippen LogP contribution in [0.3, 0.4) is 0 Å². The maximum Gasteiger partial charge on any atom is 0.317 e. The molecule has 0 N–H and O–H groups in total. The molecule has 3 fully saturated rings. The predicted octanol–water partition coefficient (Wildman–Crippen LogP) is 4.20. The van der Waals surface area contributed by atoms with Crippen LogP contribution in [0.25, 0.3) is 0 Å². The summed E-state index contributed by atoms with van der Waals surface area (Å²) in [6.07, 6.45) is 6.07. The van der Waals surface area contributed by atoms with Gasteiger partial charge in [0.2, 0.25) is 0 Å². The van der Waals surface area contributed by atoms with Crippen LogP contribution < -0.4 is 0 Å². The second-order valence-electron chi connectivity index (χ2n) is 9.17. The first-order chi connectivity index (χ1) is 10.9. The molecule has 2 aliphatic heterocycles. The van der Waals surface area contributed by atoms with Crippen molar-refractivity contribution in [2.45, 2.75) is 89.8 Å². The van der Waals surface area contributed by atoms with Gasteiger partial charge in [-0.05, 0) is 83.5 Å². The summed E-state index contributed by atoms with van der Waals surface area (Å²) in [5.74, 6) is 0.762. The third-order valence-electron chi connectivity index (χ3n) is 5.03. The van der Waals surface area contributed by atoms with Crippen molar-refractivity contribution in [3.05, 3.63) is 0 Å². The third-order valence-corrected chi connectivity index (χ3v) is 21.5. The van der Waals surface area contributed by atoms with E-state index < -0.39 is 34.2 Å². The van der Waals surface area contributed by atoms with Crippen LogP contribution in [-0.2, 0) is 21.2 Å². The molecule has 24 heavy (non-hydrogen) atoms. The minimum absolute atomic E-state index is 0.549. The highest BCUT2D eigenvalue weighted by atomic mass is 28.5. The number of ether oxygens (including phenoxy) is 1. The minimum Gasteiger partial charge on any atom is -0.416 e. The fourth-order valence-electron chi connectivity index (χ4n) is 4.62. The summed E-state index contributed by atoms with van der Waals surface area (Å²) in [4.78, 5) is 0. The largest absolute Gasteiger partial charge is 0.416 e. The van der Waals surface area contributed by atoms with Gasteiger partial charge in [0.1, 0.15) is 0 Å². The molecule has 3 rings (SSSR count). The molecule has 1 saturated carbocycles. The minimum atomic E-state index is -2.29. The van der Waals surface area contributed by atoms with E-state index in [2.05, 4.69) is 45.8 Å². The number of rotatable bonds is 3. The summed E-state index contributed by atoms with van der Waals surface area (Å²) in [5, 5.41) is 0. The molecule has 5 nitrogen and oxygen atoms in total. The van der Waals surface area contributed by atoms with Crippen molar-refractivity contribution < 1.29 is 21.2 Å². The SMILES string of the molecule is C[Si]1(C)O[Si](C)(C)O[Si](C)(CCC2CCC3OC3C2)O[Si](C)(C)O1. The van der Waals surface area contributed by atoms with Crippen LogP contribution in [0.2, 0.25) is 51.9 Å². The molecule has 3 atom stereocenters. The van der Waals surface area contributed by atoms with E-state index in [0.717, 1.165) is 12.0 Å². The van der Waals surface area contributed by atoms with Gasteiger partial charge in [0, 0.05) is 0 Å². The molecule has 0 aromatic heterocycles. The standard InChI is InChI=1S/C15H34O5Si4/c1-21(2)17-22(3,4)19-24(7,20-23(5,6)18-21)11-10-13-8-9-14-15(12-13)16-14/h13-15H,8-12H2,1-7H3. The highest BCUT2D eigenvalue weighted by Gasteiger charge is 2.52. The molecule has 0 radical (unpaired) electrons. The molecule has 3 unspecified atom stereocenters. The van der Waals surface area contributed by atoms with Crippen molar-refractivity contribution in [1.82, 2.24) is 0 Å². The topological polar surface area (TPSA) is 49.5 Å². The average Bonchev–Trinajstić information content (AvgIpc) is 3.08. The normalized spacial score (nSPS) is 39.4. The van der Waals surface area contributed by atoms with Gasteiger partial charge in [-0.1, -0.05) is 0 Å². The smallest absolute Gasteiger partial charge is 0.317 e. The zero-order chi connectivity index (χ0) is 17.8. The molecule has 2 saturated heterocycles. The average molecular weight is 407 g/mol. The van der Waals surface area contributed by atoms with Crippen LogP contribution in [0.1, 0.15) is 25.7 Å². The van der Waals surface area contributed by atoms with E-state index in [4.69, 9.17) is 21.2 Å². The zero-order valence-electron chi connectivity index (χ0n) is 16.3. The maximum atomic E-state index is 6.66. The van der Waals surface area contributed by atoms with E-state index in [1.54, 1.807) is 0 Å². The molecule has 0 amide bonds. The van der Waals surface area contributed by atoms with E-state index in [1.165, 1.54) is 25.7 Å². The Kier molecular flexibility index (Phi) is 5.16. The summed E-state index contributed by atoms with van der Waals surface area (Å²) in [6, 6.07) is 1.04. The molecular weight excluding hydrogens is 373 g/mol. The van der Waals surface area contributed by atoms with Gasteiger partial charge in [-0.2, -0.15) is 0 Å². The lowest BCUT2D eigenvalue weighted by Gasteiger charge is -2.47. The fraction of sp³-hybridized carbons (Fsp3) is 1.00. The molecule has 3 aliphatic rings. The predicted molar refractivity (Wildman–Crippen MR) is 104 cm³/mol. The van der Waals surface area contributed by atoms with Crippen molar-refractivity contribution in [2.75, 3.05) is 0 Å². The summed E-state index contributed by atoms with van der Waals surface area (Å²) < 4.78 is 31.8. The van der Waals surface area contributed by atoms with Crippen LogP contribution in [0.5, 0.6) is 0 Å². The van der Waals surface area contributed by atoms with E-state index in [1.807, 2.05) is 0 Å². The van der Waals surface area contributed by atoms with Gasteiger partial charge >= 0.3 is 34.2 Å². The first-order valence-electron chi connectivity index (χ1n) is 9.33. The lowest BCUT2D eigenvalue weighted by atomic mass is 9.88. The summed E-state index contributed by atoms with van der Waals surface area (Å²) in [6.45, 7) is 15.0. The number of hydrogen-bond acceptors (Lipinski definition) is 5. The van der Waals surface area contributed by atoms with Gasteiger partial charge in [-0.15, -0.1) is 0 Å². The van der Waals surface area contributed by atoms with Crippen LogP contribution in [0, 0.1) is 5.92 Å². The van der Waals surface area contributed by atoms with Gasteiger partial charge in [0.15, 0.2) is 0 Å². The summed E-state index contributed by atoms with van der Waals surface area (Å²) >= 11 is 0. The zero-order valence-corrected chi connectivity index (χ0v) is 20.3. The van der Waals surface area contributed by atoms with Gasteiger partial charge in [0.25, 0.3) is 0 Å². The Labute approximate surface area is 151 Å². The lowest BCUT2D eigenvalue weighted by molar-refractivity contribution is 0.230. The first kappa shape index (κ1) is 19.4. The molecule has 0 spiro atoms. The monoisotopic (exact) mass is 406 g/mol. The Morgan fingerprint density at radius 1 is 0.708 bits per heavy atom. The van der Waals surface area contributed by atoms with E-state index >= 15 is 0 Å². The Morgan fingerprint density at radius 2 is 1.25 bits per heavy atom. The quantitative estimate of drug-likeness (QED) is 0.519. The third kappa shape index (κ3) is 5.10. The fourth-order valence-corrected chi connectivity index (χ4v) is 26.3.